The summed E-state index contributed by atoms with van der Waals surface area (Å²) in [4.78, 5) is 16.0. The van der Waals surface area contributed by atoms with Crippen molar-refractivity contribution in [2.45, 2.75) is 6.92 Å². The second kappa shape index (κ2) is 11.0. The van der Waals surface area contributed by atoms with Crippen LogP contribution in [-0.4, -0.2) is 51.8 Å². The Balaban J connectivity index is 2.20. The van der Waals surface area contributed by atoms with E-state index in [-0.39, 0.29) is 5.91 Å². The molecule has 122 valence electrons. The van der Waals surface area contributed by atoms with Crippen LogP contribution in [0.1, 0.15) is 17.3 Å². The lowest BCUT2D eigenvalue weighted by atomic mass is 10.2. The van der Waals surface area contributed by atoms with Crippen LogP contribution in [0.25, 0.3) is 0 Å². The molecule has 1 rings (SSSR count). The smallest absolute Gasteiger partial charge is 0.251 e. The molecular weight excluding hydrogens is 348 g/mol. The summed E-state index contributed by atoms with van der Waals surface area (Å²) in [5, 5.41) is 9.10. The minimum Gasteiger partial charge on any atom is -0.380 e. The number of rotatable bonds is 8. The molecule has 1 aromatic carbocycles. The van der Waals surface area contributed by atoms with E-state index in [1.165, 1.54) is 0 Å². The van der Waals surface area contributed by atoms with E-state index in [0.29, 0.717) is 44.4 Å². The monoisotopic (exact) mass is 370 g/mol. The van der Waals surface area contributed by atoms with E-state index < -0.39 is 0 Å². The minimum absolute atomic E-state index is 0.0893. The Morgan fingerprint density at radius 3 is 2.41 bits per heavy atom. The lowest BCUT2D eigenvalue weighted by molar-refractivity contribution is 0.0954. The number of amides is 1. The molecule has 0 spiro atoms. The zero-order valence-corrected chi connectivity index (χ0v) is 14.6. The summed E-state index contributed by atoms with van der Waals surface area (Å²) < 4.78 is 6.19. The van der Waals surface area contributed by atoms with Crippen LogP contribution in [-0.2, 0) is 4.74 Å². The first kappa shape index (κ1) is 18.4. The van der Waals surface area contributed by atoms with Gasteiger partial charge in [0.25, 0.3) is 5.91 Å². The Kier molecular flexibility index (Phi) is 9.25. The highest BCUT2D eigenvalue weighted by Crippen LogP contribution is 2.10. The fraction of sp³-hybridized carbons (Fsp3) is 0.467. The van der Waals surface area contributed by atoms with Crippen LogP contribution < -0.4 is 16.0 Å². The number of hydrogen-bond acceptors (Lipinski definition) is 3. The molecular formula is C15H23BrN4O2. The maximum absolute atomic E-state index is 11.9. The van der Waals surface area contributed by atoms with Gasteiger partial charge < -0.3 is 20.7 Å². The van der Waals surface area contributed by atoms with E-state index in [1.54, 1.807) is 19.2 Å². The molecule has 6 nitrogen and oxygen atoms in total. The van der Waals surface area contributed by atoms with Gasteiger partial charge in [0.1, 0.15) is 0 Å². The lowest BCUT2D eigenvalue weighted by Gasteiger charge is -2.12. The normalized spacial score (nSPS) is 11.1. The number of halogens is 1. The fourth-order valence-corrected chi connectivity index (χ4v) is 1.93. The van der Waals surface area contributed by atoms with Crippen molar-refractivity contribution in [1.29, 1.82) is 0 Å². The van der Waals surface area contributed by atoms with Crippen LogP contribution in [0, 0.1) is 0 Å². The van der Waals surface area contributed by atoms with Gasteiger partial charge in [-0.05, 0) is 31.2 Å². The van der Waals surface area contributed by atoms with Crippen molar-refractivity contribution < 1.29 is 9.53 Å². The van der Waals surface area contributed by atoms with Gasteiger partial charge in [-0.3, -0.25) is 9.79 Å². The van der Waals surface area contributed by atoms with Gasteiger partial charge in [0.2, 0.25) is 0 Å². The first-order valence-corrected chi connectivity index (χ1v) is 8.02. The molecule has 0 fully saturated rings. The molecule has 0 saturated carbocycles. The van der Waals surface area contributed by atoms with Crippen molar-refractivity contribution in [1.82, 2.24) is 16.0 Å². The maximum atomic E-state index is 11.9. The van der Waals surface area contributed by atoms with Crippen LogP contribution in [0.5, 0.6) is 0 Å². The molecule has 0 aliphatic heterocycles. The first-order valence-electron chi connectivity index (χ1n) is 7.23. The molecule has 0 bridgehead atoms. The van der Waals surface area contributed by atoms with Gasteiger partial charge in [0.05, 0.1) is 6.61 Å². The molecule has 22 heavy (non-hydrogen) atoms. The molecule has 0 radical (unpaired) electrons. The molecule has 0 aliphatic carbocycles. The van der Waals surface area contributed by atoms with Gasteiger partial charge in [0.15, 0.2) is 5.96 Å². The molecule has 0 aromatic heterocycles. The maximum Gasteiger partial charge on any atom is 0.251 e. The predicted octanol–water partition coefficient (Wildman–Crippen LogP) is 1.38. The highest BCUT2D eigenvalue weighted by atomic mass is 79.9. The number of ether oxygens (including phenoxy) is 1. The van der Waals surface area contributed by atoms with Crippen molar-refractivity contribution in [3.8, 4) is 0 Å². The zero-order valence-electron chi connectivity index (χ0n) is 13.0. The topological polar surface area (TPSA) is 74.8 Å². The average Bonchev–Trinajstić information content (AvgIpc) is 2.53. The third-order valence-electron chi connectivity index (χ3n) is 2.78. The summed E-state index contributed by atoms with van der Waals surface area (Å²) in [7, 11) is 1.70. The highest BCUT2D eigenvalue weighted by molar-refractivity contribution is 9.10. The van der Waals surface area contributed by atoms with Gasteiger partial charge in [-0.15, -0.1) is 0 Å². The van der Waals surface area contributed by atoms with E-state index in [4.69, 9.17) is 4.74 Å². The van der Waals surface area contributed by atoms with Crippen molar-refractivity contribution in [3.63, 3.8) is 0 Å². The molecule has 0 atom stereocenters. The minimum atomic E-state index is -0.0893. The van der Waals surface area contributed by atoms with Crippen molar-refractivity contribution in [2.24, 2.45) is 4.99 Å². The van der Waals surface area contributed by atoms with E-state index in [0.717, 1.165) is 4.47 Å². The van der Waals surface area contributed by atoms with E-state index in [1.807, 2.05) is 19.1 Å². The summed E-state index contributed by atoms with van der Waals surface area (Å²) in [5.74, 6) is 0.603. The SMILES string of the molecule is CCOCCNC(=NC)NCCNC(=O)c1ccc(Br)cc1. The van der Waals surface area contributed by atoms with Crippen LogP contribution in [0.3, 0.4) is 0 Å². The number of nitrogens with one attached hydrogen (secondary N) is 3. The van der Waals surface area contributed by atoms with Crippen molar-refractivity contribution >= 4 is 27.8 Å². The molecule has 0 aliphatic rings. The Bertz CT molecular complexity index is 477. The largest absolute Gasteiger partial charge is 0.380 e. The van der Waals surface area contributed by atoms with Crippen LogP contribution in [0.4, 0.5) is 0 Å². The van der Waals surface area contributed by atoms with E-state index in [2.05, 4.69) is 36.9 Å². The number of guanidine groups is 1. The van der Waals surface area contributed by atoms with Crippen molar-refractivity contribution in [2.75, 3.05) is 39.9 Å². The summed E-state index contributed by atoms with van der Waals surface area (Å²) >= 11 is 3.34. The van der Waals surface area contributed by atoms with Gasteiger partial charge in [0, 0.05) is 43.3 Å². The average molecular weight is 371 g/mol. The first-order chi connectivity index (χ1) is 10.7. The Morgan fingerprint density at radius 1 is 1.14 bits per heavy atom. The number of aliphatic imine (C=N–C) groups is 1. The number of benzene rings is 1. The number of carbonyl (C=O) groups excluding carboxylic acids is 1. The molecule has 1 amide bonds. The number of nitrogens with zero attached hydrogens (tertiary/aromatic N) is 1. The standard InChI is InChI=1S/C15H23BrN4O2/c1-3-22-11-10-20-15(17-2)19-9-8-18-14(21)12-4-6-13(16)7-5-12/h4-7H,3,8-11H2,1-2H3,(H,18,21)(H2,17,19,20). The van der Waals surface area contributed by atoms with Crippen LogP contribution >= 0.6 is 15.9 Å². The van der Waals surface area contributed by atoms with E-state index in [9.17, 15) is 4.79 Å². The summed E-state index contributed by atoms with van der Waals surface area (Å²) in [6.07, 6.45) is 0. The van der Waals surface area contributed by atoms with E-state index >= 15 is 0 Å². The zero-order chi connectivity index (χ0) is 16.2. The fourth-order valence-electron chi connectivity index (χ4n) is 1.67. The molecule has 0 heterocycles. The molecule has 7 heteroatoms. The van der Waals surface area contributed by atoms with Gasteiger partial charge >= 0.3 is 0 Å². The predicted molar refractivity (Wildman–Crippen MR) is 92.3 cm³/mol. The molecule has 1 aromatic rings. The Hall–Kier alpha value is -1.60. The second-order valence-electron chi connectivity index (χ2n) is 4.39. The highest BCUT2D eigenvalue weighted by Gasteiger charge is 2.04. The number of carbonyl (C=O) groups is 1. The Labute approximate surface area is 139 Å². The molecule has 0 unspecified atom stereocenters. The van der Waals surface area contributed by atoms with Crippen LogP contribution in [0.15, 0.2) is 33.7 Å². The third kappa shape index (κ3) is 7.42. The lowest BCUT2D eigenvalue weighted by Crippen LogP contribution is -2.42. The summed E-state index contributed by atoms with van der Waals surface area (Å²) in [6, 6.07) is 7.25. The van der Waals surface area contributed by atoms with Crippen LogP contribution in [0.2, 0.25) is 0 Å². The molecule has 3 N–H and O–H groups in total. The van der Waals surface area contributed by atoms with Crippen molar-refractivity contribution in [3.05, 3.63) is 34.3 Å². The summed E-state index contributed by atoms with van der Waals surface area (Å²) in [6.45, 7) is 5.10. The quantitative estimate of drug-likeness (QED) is 0.367. The number of hydrogen-bond donors (Lipinski definition) is 3. The van der Waals surface area contributed by atoms with Gasteiger partial charge in [-0.2, -0.15) is 0 Å². The van der Waals surface area contributed by atoms with Gasteiger partial charge in [-0.25, -0.2) is 0 Å². The second-order valence-corrected chi connectivity index (χ2v) is 5.30. The third-order valence-corrected chi connectivity index (χ3v) is 3.30. The summed E-state index contributed by atoms with van der Waals surface area (Å²) in [5.41, 5.74) is 0.641. The van der Waals surface area contributed by atoms with Gasteiger partial charge in [-0.1, -0.05) is 15.9 Å². The molecule has 0 saturated heterocycles. The Morgan fingerprint density at radius 2 is 1.77 bits per heavy atom.